The molecule has 20 heavy (non-hydrogen) atoms. The van der Waals surface area contributed by atoms with Gasteiger partial charge in [-0.1, -0.05) is 12.1 Å². The SMILES string of the molecule is CCOCCOCC(=O)Nc1ccc(CC(=O)O)cc1. The molecule has 0 fully saturated rings. The molecule has 110 valence electrons. The highest BCUT2D eigenvalue weighted by Gasteiger charge is 2.04. The number of nitrogens with one attached hydrogen (secondary N) is 1. The Morgan fingerprint density at radius 1 is 1.15 bits per heavy atom. The van der Waals surface area contributed by atoms with Crippen LogP contribution in [0.4, 0.5) is 5.69 Å². The van der Waals surface area contributed by atoms with Crippen LogP contribution in [0.1, 0.15) is 12.5 Å². The molecule has 1 aromatic carbocycles. The van der Waals surface area contributed by atoms with Gasteiger partial charge in [0.2, 0.25) is 5.91 Å². The number of carboxylic acids is 1. The molecule has 0 aliphatic heterocycles. The van der Waals surface area contributed by atoms with Crippen molar-refractivity contribution in [3.05, 3.63) is 29.8 Å². The summed E-state index contributed by atoms with van der Waals surface area (Å²) in [7, 11) is 0. The Morgan fingerprint density at radius 3 is 2.40 bits per heavy atom. The van der Waals surface area contributed by atoms with Crippen molar-refractivity contribution in [3.63, 3.8) is 0 Å². The third-order valence-corrected chi connectivity index (χ3v) is 2.40. The summed E-state index contributed by atoms with van der Waals surface area (Å²) in [6.45, 7) is 3.31. The maximum absolute atomic E-state index is 11.5. The smallest absolute Gasteiger partial charge is 0.307 e. The van der Waals surface area contributed by atoms with E-state index >= 15 is 0 Å². The quantitative estimate of drug-likeness (QED) is 0.667. The average molecular weight is 281 g/mol. The van der Waals surface area contributed by atoms with Gasteiger partial charge in [-0.15, -0.1) is 0 Å². The van der Waals surface area contributed by atoms with E-state index in [-0.39, 0.29) is 18.9 Å². The topological polar surface area (TPSA) is 84.9 Å². The van der Waals surface area contributed by atoms with Crippen molar-refractivity contribution in [1.29, 1.82) is 0 Å². The Balaban J connectivity index is 2.29. The molecule has 0 aliphatic rings. The molecule has 0 bridgehead atoms. The number of hydrogen-bond acceptors (Lipinski definition) is 4. The van der Waals surface area contributed by atoms with E-state index in [2.05, 4.69) is 5.32 Å². The number of anilines is 1. The van der Waals surface area contributed by atoms with Gasteiger partial charge in [0.1, 0.15) is 6.61 Å². The van der Waals surface area contributed by atoms with Crippen LogP contribution in [0.3, 0.4) is 0 Å². The fraction of sp³-hybridized carbons (Fsp3) is 0.429. The van der Waals surface area contributed by atoms with Crippen molar-refractivity contribution in [1.82, 2.24) is 0 Å². The van der Waals surface area contributed by atoms with Crippen molar-refractivity contribution in [2.24, 2.45) is 0 Å². The van der Waals surface area contributed by atoms with Crippen LogP contribution in [0.15, 0.2) is 24.3 Å². The second-order valence-corrected chi connectivity index (χ2v) is 4.07. The van der Waals surface area contributed by atoms with Crippen LogP contribution >= 0.6 is 0 Å². The lowest BCUT2D eigenvalue weighted by Crippen LogP contribution is -2.19. The Bertz CT molecular complexity index is 430. The highest BCUT2D eigenvalue weighted by molar-refractivity contribution is 5.91. The summed E-state index contributed by atoms with van der Waals surface area (Å²) in [5, 5.41) is 11.3. The summed E-state index contributed by atoms with van der Waals surface area (Å²) in [5.41, 5.74) is 1.29. The lowest BCUT2D eigenvalue weighted by atomic mass is 10.1. The minimum atomic E-state index is -0.885. The van der Waals surface area contributed by atoms with E-state index in [1.54, 1.807) is 24.3 Å². The number of rotatable bonds is 9. The number of ether oxygens (including phenoxy) is 2. The largest absolute Gasteiger partial charge is 0.481 e. The van der Waals surface area contributed by atoms with Gasteiger partial charge in [-0.25, -0.2) is 0 Å². The first-order chi connectivity index (χ1) is 9.61. The van der Waals surface area contributed by atoms with Gasteiger partial charge in [0.15, 0.2) is 0 Å². The first kappa shape index (κ1) is 16.1. The molecule has 0 aliphatic carbocycles. The lowest BCUT2D eigenvalue weighted by Gasteiger charge is -2.07. The molecule has 6 nitrogen and oxygen atoms in total. The standard InChI is InChI=1S/C14H19NO5/c1-2-19-7-8-20-10-13(16)15-12-5-3-11(4-6-12)9-14(17)18/h3-6H,2,7-10H2,1H3,(H,15,16)(H,17,18). The van der Waals surface area contributed by atoms with E-state index in [0.717, 1.165) is 0 Å². The molecule has 0 unspecified atom stereocenters. The maximum atomic E-state index is 11.5. The predicted molar refractivity (Wildman–Crippen MR) is 73.7 cm³/mol. The Kier molecular flexibility index (Phi) is 7.31. The van der Waals surface area contributed by atoms with Crippen LogP contribution in [0, 0.1) is 0 Å². The molecule has 1 rings (SSSR count). The summed E-state index contributed by atoms with van der Waals surface area (Å²) < 4.78 is 10.2. The zero-order chi connectivity index (χ0) is 14.8. The first-order valence-corrected chi connectivity index (χ1v) is 6.38. The molecule has 1 aromatic rings. The third kappa shape index (κ3) is 6.86. The van der Waals surface area contributed by atoms with Crippen LogP contribution in [-0.4, -0.2) is 43.4 Å². The highest BCUT2D eigenvalue weighted by Crippen LogP contribution is 2.10. The molecular weight excluding hydrogens is 262 g/mol. The second kappa shape index (κ2) is 9.06. The van der Waals surface area contributed by atoms with Crippen molar-refractivity contribution >= 4 is 17.6 Å². The number of carbonyl (C=O) groups is 2. The minimum Gasteiger partial charge on any atom is -0.481 e. The van der Waals surface area contributed by atoms with E-state index in [1.807, 2.05) is 6.92 Å². The lowest BCUT2D eigenvalue weighted by molar-refractivity contribution is -0.136. The molecule has 1 amide bonds. The van der Waals surface area contributed by atoms with E-state index in [9.17, 15) is 9.59 Å². The van der Waals surface area contributed by atoms with E-state index in [0.29, 0.717) is 31.1 Å². The third-order valence-electron chi connectivity index (χ3n) is 2.40. The highest BCUT2D eigenvalue weighted by atomic mass is 16.5. The van der Waals surface area contributed by atoms with Gasteiger partial charge in [0.05, 0.1) is 19.6 Å². The van der Waals surface area contributed by atoms with Gasteiger partial charge in [-0.3, -0.25) is 9.59 Å². The fourth-order valence-corrected chi connectivity index (χ4v) is 1.50. The summed E-state index contributed by atoms with van der Waals surface area (Å²) in [6, 6.07) is 6.66. The van der Waals surface area contributed by atoms with E-state index < -0.39 is 5.97 Å². The van der Waals surface area contributed by atoms with Crippen LogP contribution in [0.5, 0.6) is 0 Å². The van der Waals surface area contributed by atoms with Gasteiger partial charge in [0, 0.05) is 12.3 Å². The van der Waals surface area contributed by atoms with Gasteiger partial charge in [0.25, 0.3) is 0 Å². The van der Waals surface area contributed by atoms with E-state index in [4.69, 9.17) is 14.6 Å². The van der Waals surface area contributed by atoms with Crippen LogP contribution in [0.2, 0.25) is 0 Å². The number of amides is 1. The Morgan fingerprint density at radius 2 is 1.80 bits per heavy atom. The molecule has 6 heteroatoms. The Labute approximate surface area is 117 Å². The van der Waals surface area contributed by atoms with Crippen molar-refractivity contribution in [2.45, 2.75) is 13.3 Å². The molecule has 0 saturated heterocycles. The summed E-state index contributed by atoms with van der Waals surface area (Å²) in [6.07, 6.45) is -0.0330. The molecule has 0 heterocycles. The monoisotopic (exact) mass is 281 g/mol. The zero-order valence-corrected chi connectivity index (χ0v) is 11.4. The first-order valence-electron chi connectivity index (χ1n) is 6.38. The second-order valence-electron chi connectivity index (χ2n) is 4.07. The number of benzene rings is 1. The summed E-state index contributed by atoms with van der Waals surface area (Å²) in [4.78, 5) is 22.1. The molecule has 0 aromatic heterocycles. The van der Waals surface area contributed by atoms with Crippen molar-refractivity contribution < 1.29 is 24.2 Å². The molecule has 0 atom stereocenters. The zero-order valence-electron chi connectivity index (χ0n) is 11.4. The van der Waals surface area contributed by atoms with E-state index in [1.165, 1.54) is 0 Å². The number of carboxylic acid groups (broad SMARTS) is 1. The summed E-state index contributed by atoms with van der Waals surface area (Å²) >= 11 is 0. The maximum Gasteiger partial charge on any atom is 0.307 e. The number of aliphatic carboxylic acids is 1. The van der Waals surface area contributed by atoms with Gasteiger partial charge >= 0.3 is 5.97 Å². The predicted octanol–water partition coefficient (Wildman–Crippen LogP) is 1.31. The molecular formula is C14H19NO5. The number of hydrogen-bond donors (Lipinski definition) is 2. The van der Waals surface area contributed by atoms with Crippen LogP contribution in [-0.2, 0) is 25.5 Å². The number of carbonyl (C=O) groups excluding carboxylic acids is 1. The normalized spacial score (nSPS) is 10.2. The van der Waals surface area contributed by atoms with Crippen molar-refractivity contribution in [3.8, 4) is 0 Å². The molecule has 2 N–H and O–H groups in total. The molecule has 0 saturated carbocycles. The van der Waals surface area contributed by atoms with Gasteiger partial charge < -0.3 is 19.9 Å². The summed E-state index contributed by atoms with van der Waals surface area (Å²) in [5.74, 6) is -1.14. The molecule has 0 radical (unpaired) electrons. The van der Waals surface area contributed by atoms with Crippen LogP contribution < -0.4 is 5.32 Å². The van der Waals surface area contributed by atoms with Crippen LogP contribution in [0.25, 0.3) is 0 Å². The Hall–Kier alpha value is -1.92. The average Bonchev–Trinajstić information content (AvgIpc) is 2.40. The fourth-order valence-electron chi connectivity index (χ4n) is 1.50. The van der Waals surface area contributed by atoms with Gasteiger partial charge in [-0.05, 0) is 24.6 Å². The van der Waals surface area contributed by atoms with Crippen molar-refractivity contribution in [2.75, 3.05) is 31.7 Å². The molecule has 0 spiro atoms. The van der Waals surface area contributed by atoms with Gasteiger partial charge in [-0.2, -0.15) is 0 Å². The minimum absolute atomic E-state index is 0.0330.